The average Bonchev–Trinajstić information content (AvgIpc) is 2.47. The Hall–Kier alpha value is -1.93. The molecule has 0 saturated heterocycles. The van der Waals surface area contributed by atoms with Gasteiger partial charge in [0.15, 0.2) is 0 Å². The Kier molecular flexibility index (Phi) is 6.08. The van der Waals surface area contributed by atoms with Gasteiger partial charge in [-0.25, -0.2) is 12.8 Å². The van der Waals surface area contributed by atoms with Gasteiger partial charge in [-0.2, -0.15) is 0 Å². The Balaban J connectivity index is 2.34. The molecule has 0 atom stereocenters. The van der Waals surface area contributed by atoms with Crippen LogP contribution < -0.4 is 9.62 Å². The molecule has 0 aliphatic rings. The van der Waals surface area contributed by atoms with Crippen LogP contribution in [-0.4, -0.2) is 27.1 Å². The van der Waals surface area contributed by atoms with Crippen molar-refractivity contribution in [1.29, 1.82) is 0 Å². The molecule has 26 heavy (non-hydrogen) atoms. The standard InChI is InChI=1S/C18H20BrFN2O3S/c1-11-7-12(2)18(13(3)8-11)22(26(4,24)25)10-17(23)21-16-6-5-14(19)9-15(16)20/h5-9H,10H2,1-4H3,(H,21,23). The second-order valence-corrected chi connectivity index (χ2v) is 9.01. The minimum Gasteiger partial charge on any atom is -0.322 e. The summed E-state index contributed by atoms with van der Waals surface area (Å²) in [5.41, 5.74) is 2.94. The normalized spacial score (nSPS) is 11.3. The van der Waals surface area contributed by atoms with Gasteiger partial charge in [0.05, 0.1) is 17.6 Å². The van der Waals surface area contributed by atoms with Crippen molar-refractivity contribution < 1.29 is 17.6 Å². The molecule has 1 N–H and O–H groups in total. The molecule has 0 unspecified atom stereocenters. The van der Waals surface area contributed by atoms with E-state index in [2.05, 4.69) is 21.2 Å². The van der Waals surface area contributed by atoms with Crippen molar-refractivity contribution in [3.05, 3.63) is 57.3 Å². The van der Waals surface area contributed by atoms with Crippen molar-refractivity contribution in [2.45, 2.75) is 20.8 Å². The van der Waals surface area contributed by atoms with Crippen LogP contribution >= 0.6 is 15.9 Å². The molecule has 0 heterocycles. The summed E-state index contributed by atoms with van der Waals surface area (Å²) in [6.07, 6.45) is 1.04. The van der Waals surface area contributed by atoms with Crippen LogP contribution in [0.1, 0.15) is 16.7 Å². The highest BCUT2D eigenvalue weighted by atomic mass is 79.9. The number of hydrogen-bond donors (Lipinski definition) is 1. The fourth-order valence-electron chi connectivity index (χ4n) is 2.84. The van der Waals surface area contributed by atoms with Crippen LogP contribution in [0, 0.1) is 26.6 Å². The first-order valence-corrected chi connectivity index (χ1v) is 10.4. The summed E-state index contributed by atoms with van der Waals surface area (Å²) in [4.78, 5) is 12.4. The Morgan fingerprint density at radius 1 is 1.15 bits per heavy atom. The van der Waals surface area contributed by atoms with Crippen molar-refractivity contribution in [2.24, 2.45) is 0 Å². The van der Waals surface area contributed by atoms with E-state index in [0.29, 0.717) is 10.2 Å². The maximum Gasteiger partial charge on any atom is 0.245 e. The maximum atomic E-state index is 13.9. The molecule has 0 fully saturated rings. The van der Waals surface area contributed by atoms with Crippen LogP contribution in [0.15, 0.2) is 34.8 Å². The van der Waals surface area contributed by atoms with E-state index in [1.54, 1.807) is 19.9 Å². The summed E-state index contributed by atoms with van der Waals surface area (Å²) in [5.74, 6) is -1.24. The minimum atomic E-state index is -3.71. The highest BCUT2D eigenvalue weighted by Gasteiger charge is 2.24. The number of carbonyl (C=O) groups is 1. The van der Waals surface area contributed by atoms with Crippen molar-refractivity contribution in [2.75, 3.05) is 22.4 Å². The number of amides is 1. The van der Waals surface area contributed by atoms with Gasteiger partial charge >= 0.3 is 0 Å². The Labute approximate surface area is 161 Å². The van der Waals surface area contributed by atoms with E-state index in [9.17, 15) is 17.6 Å². The third-order valence-corrected chi connectivity index (χ3v) is 5.38. The zero-order valence-corrected chi connectivity index (χ0v) is 17.3. The monoisotopic (exact) mass is 442 g/mol. The number of nitrogens with one attached hydrogen (secondary N) is 1. The molecule has 0 aliphatic carbocycles. The Morgan fingerprint density at radius 3 is 2.23 bits per heavy atom. The largest absolute Gasteiger partial charge is 0.322 e. The number of halogens is 2. The molecule has 2 rings (SSSR count). The van der Waals surface area contributed by atoms with Crippen LogP contribution in [0.3, 0.4) is 0 Å². The molecule has 0 saturated carbocycles. The molecular weight excluding hydrogens is 423 g/mol. The molecule has 0 aliphatic heterocycles. The lowest BCUT2D eigenvalue weighted by Crippen LogP contribution is -2.38. The predicted molar refractivity (Wildman–Crippen MR) is 106 cm³/mol. The van der Waals surface area contributed by atoms with Gasteiger partial charge < -0.3 is 5.32 Å². The highest BCUT2D eigenvalue weighted by Crippen LogP contribution is 2.28. The summed E-state index contributed by atoms with van der Waals surface area (Å²) < 4.78 is 40.1. The molecule has 5 nitrogen and oxygen atoms in total. The third-order valence-electron chi connectivity index (χ3n) is 3.78. The lowest BCUT2D eigenvalue weighted by molar-refractivity contribution is -0.114. The fourth-order valence-corrected chi connectivity index (χ4v) is 4.14. The van der Waals surface area contributed by atoms with Gasteiger partial charge in [0, 0.05) is 4.47 Å². The third kappa shape index (κ3) is 4.82. The molecule has 0 spiro atoms. The second-order valence-electron chi connectivity index (χ2n) is 6.19. The van der Waals surface area contributed by atoms with Crippen molar-refractivity contribution in [1.82, 2.24) is 0 Å². The first kappa shape index (κ1) is 20.4. The number of benzene rings is 2. The van der Waals surface area contributed by atoms with Crippen LogP contribution in [0.4, 0.5) is 15.8 Å². The topological polar surface area (TPSA) is 66.5 Å². The number of sulfonamides is 1. The van der Waals surface area contributed by atoms with Crippen molar-refractivity contribution in [3.63, 3.8) is 0 Å². The molecule has 2 aromatic rings. The first-order chi connectivity index (χ1) is 12.0. The fraction of sp³-hybridized carbons (Fsp3) is 0.278. The van der Waals surface area contributed by atoms with Gasteiger partial charge in [-0.15, -0.1) is 0 Å². The van der Waals surface area contributed by atoms with Gasteiger partial charge in [-0.3, -0.25) is 9.10 Å². The van der Waals surface area contributed by atoms with Gasteiger partial charge in [0.25, 0.3) is 0 Å². The SMILES string of the molecule is Cc1cc(C)c(N(CC(=O)Nc2ccc(Br)cc2F)S(C)(=O)=O)c(C)c1. The summed E-state index contributed by atoms with van der Waals surface area (Å²) in [6.45, 7) is 5.05. The number of aryl methyl sites for hydroxylation is 3. The van der Waals surface area contributed by atoms with Crippen LogP contribution in [0.25, 0.3) is 0 Å². The van der Waals surface area contributed by atoms with Crippen LogP contribution in [0.5, 0.6) is 0 Å². The van der Waals surface area contributed by atoms with E-state index in [0.717, 1.165) is 27.3 Å². The number of anilines is 2. The smallest absolute Gasteiger partial charge is 0.245 e. The predicted octanol–water partition coefficient (Wildman–Crippen LogP) is 3.92. The first-order valence-electron chi connectivity index (χ1n) is 7.79. The maximum absolute atomic E-state index is 13.9. The summed E-state index contributed by atoms with van der Waals surface area (Å²) in [5, 5.41) is 2.42. The zero-order valence-electron chi connectivity index (χ0n) is 14.9. The molecule has 8 heteroatoms. The lowest BCUT2D eigenvalue weighted by Gasteiger charge is -2.26. The zero-order chi connectivity index (χ0) is 19.6. The number of carbonyl (C=O) groups excluding carboxylic acids is 1. The van der Waals surface area contributed by atoms with E-state index >= 15 is 0 Å². The number of rotatable bonds is 5. The highest BCUT2D eigenvalue weighted by molar-refractivity contribution is 9.10. The van der Waals surface area contributed by atoms with Crippen LogP contribution in [-0.2, 0) is 14.8 Å². The average molecular weight is 443 g/mol. The molecule has 0 radical (unpaired) electrons. The quantitative estimate of drug-likeness (QED) is 0.762. The van der Waals surface area contributed by atoms with E-state index < -0.39 is 28.3 Å². The summed E-state index contributed by atoms with van der Waals surface area (Å²) in [6, 6.07) is 7.92. The summed E-state index contributed by atoms with van der Waals surface area (Å²) >= 11 is 3.14. The molecule has 2 aromatic carbocycles. The number of nitrogens with zero attached hydrogens (tertiary/aromatic N) is 1. The van der Waals surface area contributed by atoms with Crippen molar-refractivity contribution >= 4 is 43.2 Å². The molecule has 1 amide bonds. The minimum absolute atomic E-state index is 0.0102. The van der Waals surface area contributed by atoms with E-state index in [-0.39, 0.29) is 5.69 Å². The van der Waals surface area contributed by atoms with Crippen molar-refractivity contribution in [3.8, 4) is 0 Å². The summed E-state index contributed by atoms with van der Waals surface area (Å²) in [7, 11) is -3.71. The lowest BCUT2D eigenvalue weighted by atomic mass is 10.1. The Morgan fingerprint density at radius 2 is 1.73 bits per heavy atom. The Bertz CT molecular complexity index is 938. The second kappa shape index (κ2) is 7.75. The number of hydrogen-bond acceptors (Lipinski definition) is 3. The van der Waals surface area contributed by atoms with E-state index in [1.165, 1.54) is 12.1 Å². The van der Waals surface area contributed by atoms with Gasteiger partial charge in [-0.05, 0) is 50.1 Å². The van der Waals surface area contributed by atoms with E-state index in [4.69, 9.17) is 0 Å². The molecule has 0 bridgehead atoms. The van der Waals surface area contributed by atoms with Gasteiger partial charge in [0.1, 0.15) is 12.4 Å². The van der Waals surface area contributed by atoms with Crippen LogP contribution in [0.2, 0.25) is 0 Å². The van der Waals surface area contributed by atoms with Gasteiger partial charge in [0.2, 0.25) is 15.9 Å². The van der Waals surface area contributed by atoms with E-state index in [1.807, 2.05) is 19.1 Å². The molecular formula is C18H20BrFN2O3S. The molecule has 0 aromatic heterocycles. The molecule has 140 valence electrons. The van der Waals surface area contributed by atoms with Gasteiger partial charge in [-0.1, -0.05) is 33.6 Å².